The molecule has 1 aromatic heterocycles. The molecule has 3 rings (SSSR count). The van der Waals surface area contributed by atoms with Crippen LogP contribution in [0.25, 0.3) is 0 Å². The van der Waals surface area contributed by atoms with E-state index < -0.39 is 0 Å². The fourth-order valence-corrected chi connectivity index (χ4v) is 3.28. The van der Waals surface area contributed by atoms with Gasteiger partial charge in [-0.1, -0.05) is 25.1 Å². The van der Waals surface area contributed by atoms with Crippen molar-refractivity contribution in [2.24, 2.45) is 0 Å². The van der Waals surface area contributed by atoms with Crippen LogP contribution in [0.4, 0.5) is 0 Å². The van der Waals surface area contributed by atoms with E-state index in [1.54, 1.807) is 14.2 Å². The minimum Gasteiger partial charge on any atom is -0.493 e. The zero-order valence-electron chi connectivity index (χ0n) is 14.9. The van der Waals surface area contributed by atoms with Crippen molar-refractivity contribution >= 4 is 0 Å². The molecule has 1 atom stereocenters. The van der Waals surface area contributed by atoms with E-state index in [0.29, 0.717) is 12.0 Å². The zero-order valence-corrected chi connectivity index (χ0v) is 14.9. The van der Waals surface area contributed by atoms with Crippen LogP contribution in [0.3, 0.4) is 0 Å². The Morgan fingerprint density at radius 2 is 2.00 bits per heavy atom. The van der Waals surface area contributed by atoms with Gasteiger partial charge in [0.1, 0.15) is 0 Å². The molecule has 1 fully saturated rings. The van der Waals surface area contributed by atoms with Gasteiger partial charge in [-0.05, 0) is 43.0 Å². The van der Waals surface area contributed by atoms with Gasteiger partial charge in [-0.25, -0.2) is 0 Å². The highest BCUT2D eigenvalue weighted by atomic mass is 16.5. The molecule has 1 aromatic carbocycles. The van der Waals surface area contributed by atoms with E-state index in [0.717, 1.165) is 42.5 Å². The highest BCUT2D eigenvalue weighted by molar-refractivity contribution is 5.42. The second-order valence-corrected chi connectivity index (χ2v) is 6.63. The van der Waals surface area contributed by atoms with Gasteiger partial charge in [-0.2, -0.15) is 0 Å². The second-order valence-electron chi connectivity index (χ2n) is 6.63. The summed E-state index contributed by atoms with van der Waals surface area (Å²) in [6.07, 6.45) is 2.29. The Morgan fingerprint density at radius 3 is 2.67 bits per heavy atom. The van der Waals surface area contributed by atoms with Gasteiger partial charge in [-0.15, -0.1) is 0 Å². The number of aromatic nitrogens is 1. The highest BCUT2D eigenvalue weighted by Gasteiger charge is 2.29. The van der Waals surface area contributed by atoms with E-state index in [1.165, 1.54) is 12.0 Å². The van der Waals surface area contributed by atoms with Crippen molar-refractivity contribution in [2.45, 2.75) is 45.2 Å². The summed E-state index contributed by atoms with van der Waals surface area (Å²) in [4.78, 5) is 2.45. The third-order valence-corrected chi connectivity index (χ3v) is 4.66. The van der Waals surface area contributed by atoms with Crippen LogP contribution in [0.2, 0.25) is 0 Å². The smallest absolute Gasteiger partial charge is 0.161 e. The van der Waals surface area contributed by atoms with Crippen molar-refractivity contribution in [3.63, 3.8) is 0 Å². The number of hydrogen-bond acceptors (Lipinski definition) is 5. The number of likely N-dealkylation sites (tertiary alicyclic amines) is 1. The van der Waals surface area contributed by atoms with Crippen molar-refractivity contribution in [1.82, 2.24) is 10.1 Å². The molecule has 2 aromatic rings. The first kappa shape index (κ1) is 16.8. The molecule has 0 unspecified atom stereocenters. The summed E-state index contributed by atoms with van der Waals surface area (Å²) in [5.74, 6) is 2.91. The van der Waals surface area contributed by atoms with Crippen LogP contribution in [0.5, 0.6) is 11.5 Å². The SMILES string of the molecule is COc1ccc(CN2CCC[C@H]2c2cc(C(C)C)no2)cc1OC. The first-order valence-corrected chi connectivity index (χ1v) is 8.53. The lowest BCUT2D eigenvalue weighted by molar-refractivity contribution is 0.206. The first-order chi connectivity index (χ1) is 11.6. The molecular formula is C19H26N2O3. The van der Waals surface area contributed by atoms with E-state index in [4.69, 9.17) is 14.0 Å². The lowest BCUT2D eigenvalue weighted by atomic mass is 10.1. The maximum Gasteiger partial charge on any atom is 0.161 e. The van der Waals surface area contributed by atoms with Crippen molar-refractivity contribution < 1.29 is 14.0 Å². The van der Waals surface area contributed by atoms with E-state index in [9.17, 15) is 0 Å². The predicted molar refractivity (Wildman–Crippen MR) is 92.5 cm³/mol. The minimum absolute atomic E-state index is 0.304. The minimum atomic E-state index is 0.304. The fraction of sp³-hybridized carbons (Fsp3) is 0.526. The topological polar surface area (TPSA) is 47.7 Å². The maximum absolute atomic E-state index is 5.62. The van der Waals surface area contributed by atoms with Gasteiger partial charge in [0, 0.05) is 12.6 Å². The van der Waals surface area contributed by atoms with Gasteiger partial charge in [0.05, 0.1) is 26.0 Å². The van der Waals surface area contributed by atoms with Gasteiger partial charge in [0.25, 0.3) is 0 Å². The highest BCUT2D eigenvalue weighted by Crippen LogP contribution is 2.35. The average Bonchev–Trinajstić information content (AvgIpc) is 3.23. The molecule has 0 amide bonds. The molecule has 0 bridgehead atoms. The number of ether oxygens (including phenoxy) is 2. The summed E-state index contributed by atoms with van der Waals surface area (Å²) >= 11 is 0. The molecule has 1 aliphatic heterocycles. The molecule has 0 aliphatic carbocycles. The Labute approximate surface area is 143 Å². The molecule has 0 N–H and O–H groups in total. The lowest BCUT2D eigenvalue weighted by Crippen LogP contribution is -2.22. The van der Waals surface area contributed by atoms with Gasteiger partial charge in [0.2, 0.25) is 0 Å². The molecule has 1 saturated heterocycles. The molecule has 2 heterocycles. The van der Waals surface area contributed by atoms with Gasteiger partial charge in [0.15, 0.2) is 17.3 Å². The van der Waals surface area contributed by atoms with Crippen LogP contribution in [-0.2, 0) is 6.54 Å². The monoisotopic (exact) mass is 330 g/mol. The Bertz CT molecular complexity index is 681. The van der Waals surface area contributed by atoms with Crippen LogP contribution < -0.4 is 9.47 Å². The van der Waals surface area contributed by atoms with E-state index in [-0.39, 0.29) is 0 Å². The number of nitrogens with zero attached hydrogens (tertiary/aromatic N) is 2. The lowest BCUT2D eigenvalue weighted by Gasteiger charge is -2.22. The number of rotatable bonds is 6. The quantitative estimate of drug-likeness (QED) is 0.796. The zero-order chi connectivity index (χ0) is 17.1. The standard InChI is InChI=1S/C19H26N2O3/c1-13(2)15-11-18(24-20-15)16-6-5-9-21(16)12-14-7-8-17(22-3)19(10-14)23-4/h7-8,10-11,13,16H,5-6,9,12H2,1-4H3/t16-/m0/s1. The third-order valence-electron chi connectivity index (χ3n) is 4.66. The Hall–Kier alpha value is -2.01. The summed E-state index contributed by atoms with van der Waals surface area (Å²) in [5, 5.41) is 4.21. The largest absolute Gasteiger partial charge is 0.493 e. The average molecular weight is 330 g/mol. The summed E-state index contributed by atoms with van der Waals surface area (Å²) < 4.78 is 16.3. The van der Waals surface area contributed by atoms with Crippen LogP contribution in [0, 0.1) is 0 Å². The second kappa shape index (κ2) is 7.26. The molecular weight excluding hydrogens is 304 g/mol. The van der Waals surface area contributed by atoms with Gasteiger partial charge in [-0.3, -0.25) is 4.90 Å². The van der Waals surface area contributed by atoms with Gasteiger partial charge < -0.3 is 14.0 Å². The Balaban J connectivity index is 1.76. The normalized spacial score (nSPS) is 18.3. The van der Waals surface area contributed by atoms with Crippen molar-refractivity contribution in [3.8, 4) is 11.5 Å². The third kappa shape index (κ3) is 3.41. The summed E-state index contributed by atoms with van der Waals surface area (Å²) in [7, 11) is 3.33. The predicted octanol–water partition coefficient (Wildman–Crippen LogP) is 4.15. The van der Waals surface area contributed by atoms with Crippen LogP contribution in [-0.4, -0.2) is 30.8 Å². The molecule has 24 heavy (non-hydrogen) atoms. The summed E-state index contributed by atoms with van der Waals surface area (Å²) in [6, 6.07) is 8.52. The number of benzene rings is 1. The van der Waals surface area contributed by atoms with Crippen LogP contribution in [0.1, 0.15) is 55.7 Å². The molecule has 1 aliphatic rings. The molecule has 130 valence electrons. The molecule has 5 heteroatoms. The van der Waals surface area contributed by atoms with E-state index >= 15 is 0 Å². The number of hydrogen-bond donors (Lipinski definition) is 0. The van der Waals surface area contributed by atoms with E-state index in [1.807, 2.05) is 12.1 Å². The van der Waals surface area contributed by atoms with Crippen molar-refractivity contribution in [2.75, 3.05) is 20.8 Å². The Morgan fingerprint density at radius 1 is 1.21 bits per heavy atom. The van der Waals surface area contributed by atoms with Crippen molar-refractivity contribution in [3.05, 3.63) is 41.3 Å². The molecule has 5 nitrogen and oxygen atoms in total. The van der Waals surface area contributed by atoms with Crippen molar-refractivity contribution in [1.29, 1.82) is 0 Å². The first-order valence-electron chi connectivity index (χ1n) is 8.53. The van der Waals surface area contributed by atoms with Crippen LogP contribution >= 0.6 is 0 Å². The Kier molecular flexibility index (Phi) is 5.09. The molecule has 0 spiro atoms. The summed E-state index contributed by atoms with van der Waals surface area (Å²) in [5.41, 5.74) is 2.24. The molecule has 0 radical (unpaired) electrons. The van der Waals surface area contributed by atoms with E-state index in [2.05, 4.69) is 36.0 Å². The molecule has 0 saturated carbocycles. The maximum atomic E-state index is 5.62. The summed E-state index contributed by atoms with van der Waals surface area (Å²) in [6.45, 7) is 6.20. The van der Waals surface area contributed by atoms with Gasteiger partial charge >= 0.3 is 0 Å². The van der Waals surface area contributed by atoms with Crippen LogP contribution in [0.15, 0.2) is 28.8 Å². The fourth-order valence-electron chi connectivity index (χ4n) is 3.28. The number of methoxy groups -OCH3 is 2.